The fraction of sp³-hybridized carbons (Fsp3) is 0.333. The lowest BCUT2D eigenvalue weighted by molar-refractivity contribution is 0.260. The molecule has 0 bridgehead atoms. The minimum absolute atomic E-state index is 0.274. The van der Waals surface area contributed by atoms with Crippen molar-refractivity contribution in [3.63, 3.8) is 0 Å². The van der Waals surface area contributed by atoms with Crippen LogP contribution in [0.1, 0.15) is 5.56 Å². The Morgan fingerprint density at radius 2 is 1.67 bits per heavy atom. The molecule has 2 saturated heterocycles. The molecule has 0 aliphatic carbocycles. The Morgan fingerprint density at radius 1 is 0.905 bits per heavy atom. The third kappa shape index (κ3) is 3.09. The van der Waals surface area contributed by atoms with Crippen LogP contribution in [-0.2, 0) is 15.9 Å². The van der Waals surface area contributed by atoms with E-state index in [4.69, 9.17) is 14.2 Å². The van der Waals surface area contributed by atoms with Crippen molar-refractivity contribution < 1.29 is 14.2 Å². The lowest BCUT2D eigenvalue weighted by atomic mass is 9.96. The summed E-state index contributed by atoms with van der Waals surface area (Å²) in [6.45, 7) is 2.31. The van der Waals surface area contributed by atoms with Crippen molar-refractivity contribution in [2.45, 2.75) is 18.6 Å². The van der Waals surface area contributed by atoms with Gasteiger partial charge in [-0.1, -0.05) is 42.5 Å². The predicted molar refractivity (Wildman–Crippen MR) is 80.6 cm³/mol. The summed E-state index contributed by atoms with van der Waals surface area (Å²) >= 11 is 0. The van der Waals surface area contributed by atoms with Crippen molar-refractivity contribution in [3.8, 4) is 16.9 Å². The molecule has 21 heavy (non-hydrogen) atoms. The fourth-order valence-electron chi connectivity index (χ4n) is 2.56. The van der Waals surface area contributed by atoms with Crippen molar-refractivity contribution in [1.82, 2.24) is 0 Å². The van der Waals surface area contributed by atoms with Gasteiger partial charge in [0.25, 0.3) is 0 Å². The van der Waals surface area contributed by atoms with Gasteiger partial charge in [-0.05, 0) is 17.2 Å². The second kappa shape index (κ2) is 5.51. The zero-order chi connectivity index (χ0) is 14.1. The van der Waals surface area contributed by atoms with Crippen LogP contribution >= 0.6 is 0 Å². The second-order valence-corrected chi connectivity index (χ2v) is 5.57. The highest BCUT2D eigenvalue weighted by molar-refractivity contribution is 5.70. The predicted octanol–water partition coefficient (Wildman–Crippen LogP) is 3.07. The van der Waals surface area contributed by atoms with Crippen LogP contribution in [0.3, 0.4) is 0 Å². The average Bonchev–Trinajstić information content (AvgIpc) is 3.42. The van der Waals surface area contributed by atoms with Gasteiger partial charge in [-0.3, -0.25) is 0 Å². The normalized spacial score (nSPS) is 22.9. The van der Waals surface area contributed by atoms with Gasteiger partial charge in [-0.2, -0.15) is 0 Å². The molecular weight excluding hydrogens is 264 g/mol. The molecule has 0 amide bonds. The lowest BCUT2D eigenvalue weighted by Crippen LogP contribution is -2.08. The molecule has 2 aliphatic heterocycles. The first-order valence-electron chi connectivity index (χ1n) is 7.43. The van der Waals surface area contributed by atoms with Crippen molar-refractivity contribution in [2.24, 2.45) is 0 Å². The Labute approximate surface area is 124 Å². The van der Waals surface area contributed by atoms with E-state index in [1.165, 1.54) is 16.7 Å². The van der Waals surface area contributed by atoms with Crippen molar-refractivity contribution >= 4 is 0 Å². The van der Waals surface area contributed by atoms with Crippen LogP contribution in [0, 0.1) is 0 Å². The Hall–Kier alpha value is -1.84. The monoisotopic (exact) mass is 282 g/mol. The number of ether oxygens (including phenoxy) is 3. The van der Waals surface area contributed by atoms with Crippen LogP contribution in [0.2, 0.25) is 0 Å². The minimum atomic E-state index is 0.274. The van der Waals surface area contributed by atoms with Gasteiger partial charge >= 0.3 is 0 Å². The summed E-state index contributed by atoms with van der Waals surface area (Å²) in [4.78, 5) is 0. The molecule has 0 aromatic heterocycles. The molecule has 3 heteroatoms. The summed E-state index contributed by atoms with van der Waals surface area (Å²) in [6.07, 6.45) is 1.52. The first-order chi connectivity index (χ1) is 10.4. The molecule has 2 heterocycles. The quantitative estimate of drug-likeness (QED) is 0.764. The van der Waals surface area contributed by atoms with Gasteiger partial charge < -0.3 is 14.2 Å². The summed E-state index contributed by atoms with van der Waals surface area (Å²) in [5.41, 5.74) is 3.70. The van der Waals surface area contributed by atoms with Gasteiger partial charge in [0.05, 0.1) is 19.3 Å². The molecule has 2 unspecified atom stereocenters. The fourth-order valence-corrected chi connectivity index (χ4v) is 2.56. The molecule has 2 fully saturated rings. The van der Waals surface area contributed by atoms with Gasteiger partial charge in [-0.25, -0.2) is 0 Å². The number of hydrogen-bond donors (Lipinski definition) is 0. The maximum atomic E-state index is 5.97. The largest absolute Gasteiger partial charge is 0.490 e. The van der Waals surface area contributed by atoms with Crippen molar-refractivity contribution in [2.75, 3.05) is 19.8 Å². The molecule has 108 valence electrons. The number of benzene rings is 2. The average molecular weight is 282 g/mol. The smallest absolute Gasteiger partial charge is 0.123 e. The first kappa shape index (κ1) is 12.9. The minimum Gasteiger partial charge on any atom is -0.490 e. The van der Waals surface area contributed by atoms with Crippen molar-refractivity contribution in [3.05, 3.63) is 54.1 Å². The molecule has 2 aliphatic rings. The molecular formula is C18H18O3. The number of hydrogen-bond acceptors (Lipinski definition) is 3. The summed E-state index contributed by atoms with van der Waals surface area (Å²) in [7, 11) is 0. The Balaban J connectivity index is 1.68. The van der Waals surface area contributed by atoms with E-state index in [1.807, 2.05) is 12.1 Å². The molecule has 0 spiro atoms. The van der Waals surface area contributed by atoms with Gasteiger partial charge in [0.2, 0.25) is 0 Å². The highest BCUT2D eigenvalue weighted by Crippen LogP contribution is 2.34. The maximum absolute atomic E-state index is 5.97. The molecule has 0 saturated carbocycles. The summed E-state index contributed by atoms with van der Waals surface area (Å²) < 4.78 is 16.6. The van der Waals surface area contributed by atoms with Gasteiger partial charge in [-0.15, -0.1) is 0 Å². The van der Waals surface area contributed by atoms with E-state index in [0.717, 1.165) is 25.4 Å². The van der Waals surface area contributed by atoms with Crippen LogP contribution in [0.5, 0.6) is 5.75 Å². The summed E-state index contributed by atoms with van der Waals surface area (Å²) in [6, 6.07) is 16.7. The third-order valence-electron chi connectivity index (χ3n) is 3.88. The molecule has 4 rings (SSSR count). The second-order valence-electron chi connectivity index (χ2n) is 5.57. The summed E-state index contributed by atoms with van der Waals surface area (Å²) in [5.74, 6) is 0.961. The molecule has 2 atom stereocenters. The standard InChI is InChI=1S/C18H18O3/c1-2-5-13(6-3-1)16-7-4-8-18(21-12-15-11-20-15)17(16)9-14-10-19-14/h1-8,14-15H,9-12H2. The van der Waals surface area contributed by atoms with Crippen LogP contribution < -0.4 is 4.74 Å². The first-order valence-corrected chi connectivity index (χ1v) is 7.43. The third-order valence-corrected chi connectivity index (χ3v) is 3.88. The topological polar surface area (TPSA) is 34.3 Å². The highest BCUT2D eigenvalue weighted by atomic mass is 16.6. The highest BCUT2D eigenvalue weighted by Gasteiger charge is 2.27. The Bertz CT molecular complexity index is 616. The summed E-state index contributed by atoms with van der Waals surface area (Å²) in [5, 5.41) is 0. The lowest BCUT2D eigenvalue weighted by Gasteiger charge is -2.15. The zero-order valence-corrected chi connectivity index (χ0v) is 11.8. The van der Waals surface area contributed by atoms with E-state index in [0.29, 0.717) is 12.7 Å². The Morgan fingerprint density at radius 3 is 2.38 bits per heavy atom. The van der Waals surface area contributed by atoms with E-state index < -0.39 is 0 Å². The van der Waals surface area contributed by atoms with E-state index in [-0.39, 0.29) is 6.10 Å². The Kier molecular flexibility index (Phi) is 3.37. The SMILES string of the molecule is c1ccc(-c2cccc(OCC3CO3)c2CC2CO2)cc1. The number of epoxide rings is 2. The zero-order valence-electron chi connectivity index (χ0n) is 11.8. The maximum Gasteiger partial charge on any atom is 0.123 e. The van der Waals surface area contributed by atoms with Gasteiger partial charge in [0.1, 0.15) is 18.5 Å². The van der Waals surface area contributed by atoms with Gasteiger partial charge in [0.15, 0.2) is 0 Å². The molecule has 2 aromatic carbocycles. The van der Waals surface area contributed by atoms with Crippen LogP contribution in [-0.4, -0.2) is 32.0 Å². The van der Waals surface area contributed by atoms with Crippen molar-refractivity contribution in [1.29, 1.82) is 0 Å². The molecule has 0 N–H and O–H groups in total. The molecule has 3 nitrogen and oxygen atoms in total. The number of rotatable bonds is 6. The van der Waals surface area contributed by atoms with E-state index in [2.05, 4.69) is 36.4 Å². The van der Waals surface area contributed by atoms with E-state index in [9.17, 15) is 0 Å². The van der Waals surface area contributed by atoms with Crippen LogP contribution in [0.4, 0.5) is 0 Å². The molecule has 0 radical (unpaired) electrons. The molecule has 2 aromatic rings. The van der Waals surface area contributed by atoms with Crippen LogP contribution in [0.25, 0.3) is 11.1 Å². The van der Waals surface area contributed by atoms with Gasteiger partial charge in [0, 0.05) is 12.0 Å². The van der Waals surface area contributed by atoms with Crippen LogP contribution in [0.15, 0.2) is 48.5 Å². The van der Waals surface area contributed by atoms with E-state index >= 15 is 0 Å². The van der Waals surface area contributed by atoms with E-state index in [1.54, 1.807) is 0 Å².